The van der Waals surface area contributed by atoms with E-state index in [1.807, 2.05) is 5.38 Å². The van der Waals surface area contributed by atoms with Crippen molar-refractivity contribution in [2.24, 2.45) is 5.92 Å². The normalized spacial score (nSPS) is 30.7. The van der Waals surface area contributed by atoms with Crippen LogP contribution in [0.4, 0.5) is 0 Å². The molecule has 0 radical (unpaired) electrons. The molecule has 0 aliphatic heterocycles. The van der Waals surface area contributed by atoms with Gasteiger partial charge in [-0.2, -0.15) is 11.3 Å². The highest BCUT2D eigenvalue weighted by Crippen LogP contribution is 2.46. The number of halogens is 1. The predicted octanol–water partition coefficient (Wildman–Crippen LogP) is 4.05. The first-order valence-corrected chi connectivity index (χ1v) is 8.28. The minimum absolute atomic E-state index is 0.110. The Morgan fingerprint density at radius 2 is 2.22 bits per heavy atom. The van der Waals surface area contributed by atoms with Crippen LogP contribution < -0.4 is 0 Å². The number of thiophene rings is 1. The molecule has 3 unspecified atom stereocenters. The van der Waals surface area contributed by atoms with E-state index in [-0.39, 0.29) is 5.54 Å². The van der Waals surface area contributed by atoms with Gasteiger partial charge < -0.3 is 10.0 Å². The molecule has 1 aliphatic carbocycles. The maximum Gasteiger partial charge on any atom is 0.0992 e. The molecule has 4 heteroatoms. The molecule has 0 bridgehead atoms. The van der Waals surface area contributed by atoms with Gasteiger partial charge >= 0.3 is 0 Å². The molecule has 1 N–H and O–H groups in total. The Kier molecular flexibility index (Phi) is 4.52. The van der Waals surface area contributed by atoms with Gasteiger partial charge in [-0.05, 0) is 54.2 Å². The van der Waals surface area contributed by atoms with Crippen LogP contribution >= 0.6 is 27.3 Å². The summed E-state index contributed by atoms with van der Waals surface area (Å²) in [6.07, 6.45) is 4.23. The van der Waals surface area contributed by atoms with Crippen molar-refractivity contribution >= 4 is 27.3 Å². The second kappa shape index (κ2) is 5.61. The average molecular weight is 332 g/mol. The summed E-state index contributed by atoms with van der Waals surface area (Å²) >= 11 is 5.20. The second-order valence-electron chi connectivity index (χ2n) is 5.78. The fraction of sp³-hybridized carbons (Fsp3) is 0.714. The van der Waals surface area contributed by atoms with Crippen LogP contribution in [-0.4, -0.2) is 29.6 Å². The molecule has 2 nitrogen and oxygen atoms in total. The summed E-state index contributed by atoms with van der Waals surface area (Å²) in [6.45, 7) is 2.30. The summed E-state index contributed by atoms with van der Waals surface area (Å²) in [6, 6.07) is 0. The number of aliphatic hydroxyl groups is 1. The van der Waals surface area contributed by atoms with Crippen molar-refractivity contribution < 1.29 is 5.11 Å². The molecule has 0 amide bonds. The minimum Gasteiger partial charge on any atom is -0.386 e. The third-order valence-electron chi connectivity index (χ3n) is 4.35. The fourth-order valence-electron chi connectivity index (χ4n) is 3.24. The maximum absolute atomic E-state index is 10.9. The van der Waals surface area contributed by atoms with Gasteiger partial charge in [0.2, 0.25) is 0 Å². The smallest absolute Gasteiger partial charge is 0.0992 e. The quantitative estimate of drug-likeness (QED) is 0.902. The molecule has 1 fully saturated rings. The van der Waals surface area contributed by atoms with Crippen molar-refractivity contribution in [1.82, 2.24) is 4.90 Å². The Bertz CT molecular complexity index is 406. The van der Waals surface area contributed by atoms with Crippen molar-refractivity contribution in [3.05, 3.63) is 20.8 Å². The van der Waals surface area contributed by atoms with Crippen LogP contribution in [0, 0.1) is 5.92 Å². The van der Waals surface area contributed by atoms with Crippen molar-refractivity contribution in [2.75, 3.05) is 14.1 Å². The SMILES string of the molecule is CC1CCCC(C(O)c2cscc2Br)(N(C)C)C1. The Morgan fingerprint density at radius 1 is 1.50 bits per heavy atom. The van der Waals surface area contributed by atoms with E-state index < -0.39 is 6.10 Å². The Labute approximate surface area is 122 Å². The molecule has 0 aromatic carbocycles. The Morgan fingerprint density at radius 3 is 2.72 bits per heavy atom. The standard InChI is InChI=1S/C14H22BrNOS/c1-10-5-4-6-14(7-10,16(2)3)13(17)11-8-18-9-12(11)15/h8-10,13,17H,4-7H2,1-3H3. The largest absolute Gasteiger partial charge is 0.386 e. The lowest BCUT2D eigenvalue weighted by Gasteiger charge is -2.48. The zero-order valence-electron chi connectivity index (χ0n) is 11.3. The lowest BCUT2D eigenvalue weighted by Crippen LogP contribution is -2.52. The van der Waals surface area contributed by atoms with E-state index in [1.54, 1.807) is 11.3 Å². The highest BCUT2D eigenvalue weighted by atomic mass is 79.9. The molecule has 102 valence electrons. The minimum atomic E-state index is -0.407. The molecule has 1 aromatic rings. The van der Waals surface area contributed by atoms with Crippen molar-refractivity contribution in [1.29, 1.82) is 0 Å². The number of hydrogen-bond acceptors (Lipinski definition) is 3. The zero-order chi connectivity index (χ0) is 13.3. The fourth-order valence-corrected chi connectivity index (χ4v) is 4.77. The van der Waals surface area contributed by atoms with E-state index in [1.165, 1.54) is 12.8 Å². The van der Waals surface area contributed by atoms with Gasteiger partial charge in [0.15, 0.2) is 0 Å². The lowest BCUT2D eigenvalue weighted by atomic mass is 9.71. The molecule has 0 spiro atoms. The van der Waals surface area contributed by atoms with Crippen molar-refractivity contribution in [3.63, 3.8) is 0 Å². The third-order valence-corrected chi connectivity index (χ3v) is 6.10. The topological polar surface area (TPSA) is 23.5 Å². The molecule has 0 saturated heterocycles. The third kappa shape index (κ3) is 2.53. The van der Waals surface area contributed by atoms with Gasteiger partial charge in [0, 0.05) is 15.4 Å². The lowest BCUT2D eigenvalue weighted by molar-refractivity contribution is -0.0452. The van der Waals surface area contributed by atoms with Crippen LogP contribution in [0.15, 0.2) is 15.2 Å². The van der Waals surface area contributed by atoms with E-state index in [0.717, 1.165) is 22.9 Å². The van der Waals surface area contributed by atoms with E-state index in [0.29, 0.717) is 5.92 Å². The summed E-state index contributed by atoms with van der Waals surface area (Å²) in [7, 11) is 4.20. The van der Waals surface area contributed by atoms with E-state index in [4.69, 9.17) is 0 Å². The summed E-state index contributed by atoms with van der Waals surface area (Å²) in [5.41, 5.74) is 0.934. The van der Waals surface area contributed by atoms with Crippen LogP contribution in [0.1, 0.15) is 44.3 Å². The molecule has 3 atom stereocenters. The number of nitrogens with zero attached hydrogens (tertiary/aromatic N) is 1. The van der Waals surface area contributed by atoms with Gasteiger partial charge in [-0.3, -0.25) is 0 Å². The van der Waals surface area contributed by atoms with Gasteiger partial charge in [-0.25, -0.2) is 0 Å². The average Bonchev–Trinajstić information content (AvgIpc) is 2.74. The van der Waals surface area contributed by atoms with E-state index in [9.17, 15) is 5.11 Å². The van der Waals surface area contributed by atoms with Crippen molar-refractivity contribution in [3.8, 4) is 0 Å². The number of aliphatic hydroxyl groups excluding tert-OH is 1. The number of hydrogen-bond donors (Lipinski definition) is 1. The van der Waals surface area contributed by atoms with Crippen LogP contribution in [-0.2, 0) is 0 Å². The van der Waals surface area contributed by atoms with Crippen LogP contribution in [0.2, 0.25) is 0 Å². The van der Waals surface area contributed by atoms with Crippen LogP contribution in [0.25, 0.3) is 0 Å². The first-order chi connectivity index (χ1) is 8.47. The monoisotopic (exact) mass is 331 g/mol. The summed E-state index contributed by atoms with van der Waals surface area (Å²) in [5, 5.41) is 15.0. The summed E-state index contributed by atoms with van der Waals surface area (Å²) in [5.74, 6) is 0.688. The van der Waals surface area contributed by atoms with Gasteiger partial charge in [0.25, 0.3) is 0 Å². The van der Waals surface area contributed by atoms with E-state index >= 15 is 0 Å². The maximum atomic E-state index is 10.9. The van der Waals surface area contributed by atoms with Crippen LogP contribution in [0.5, 0.6) is 0 Å². The highest BCUT2D eigenvalue weighted by Gasteiger charge is 2.44. The molecule has 18 heavy (non-hydrogen) atoms. The van der Waals surface area contributed by atoms with Crippen LogP contribution in [0.3, 0.4) is 0 Å². The zero-order valence-corrected chi connectivity index (χ0v) is 13.7. The van der Waals surface area contributed by atoms with Gasteiger partial charge in [0.1, 0.15) is 0 Å². The number of likely N-dealkylation sites (N-methyl/N-ethyl adjacent to an activating group) is 1. The Balaban J connectivity index is 2.33. The molecule has 1 heterocycles. The molecular formula is C14H22BrNOS. The predicted molar refractivity (Wildman–Crippen MR) is 81.0 cm³/mol. The summed E-state index contributed by atoms with van der Waals surface area (Å²) in [4.78, 5) is 2.23. The highest BCUT2D eigenvalue weighted by molar-refractivity contribution is 9.10. The molecule has 1 aliphatic rings. The van der Waals surface area contributed by atoms with Gasteiger partial charge in [-0.15, -0.1) is 0 Å². The second-order valence-corrected chi connectivity index (χ2v) is 7.38. The first-order valence-electron chi connectivity index (χ1n) is 6.54. The first kappa shape index (κ1) is 14.5. The summed E-state index contributed by atoms with van der Waals surface area (Å²) < 4.78 is 1.04. The van der Waals surface area contributed by atoms with Gasteiger partial charge in [-0.1, -0.05) is 19.8 Å². The number of rotatable bonds is 3. The molecule has 2 rings (SSSR count). The molecule has 1 aromatic heterocycles. The van der Waals surface area contributed by atoms with Gasteiger partial charge in [0.05, 0.1) is 11.6 Å². The molecular weight excluding hydrogens is 310 g/mol. The van der Waals surface area contributed by atoms with E-state index in [2.05, 4.69) is 47.2 Å². The Hall–Kier alpha value is 0.1000. The molecule has 1 saturated carbocycles. The van der Waals surface area contributed by atoms with Crippen molar-refractivity contribution in [2.45, 2.75) is 44.2 Å².